The van der Waals surface area contributed by atoms with Crippen LogP contribution in [0.2, 0.25) is 0 Å². The van der Waals surface area contributed by atoms with Gasteiger partial charge in [-0.1, -0.05) is 66.2 Å². The lowest BCUT2D eigenvalue weighted by molar-refractivity contribution is -0.129. The van der Waals surface area contributed by atoms with Crippen LogP contribution in [0.25, 0.3) is 6.08 Å². The number of nitrogens with zero attached hydrogens (tertiary/aromatic N) is 1. The first-order chi connectivity index (χ1) is 14.0. The summed E-state index contributed by atoms with van der Waals surface area (Å²) >= 11 is 0. The summed E-state index contributed by atoms with van der Waals surface area (Å²) in [6.45, 7) is 2.85. The molecule has 1 amide bonds. The summed E-state index contributed by atoms with van der Waals surface area (Å²) in [5, 5.41) is 10.5. The Bertz CT molecular complexity index is 929. The van der Waals surface area contributed by atoms with E-state index in [0.29, 0.717) is 19.6 Å². The summed E-state index contributed by atoms with van der Waals surface area (Å²) in [5.74, 6) is -1.38. The number of ketones is 1. The van der Waals surface area contributed by atoms with Crippen LogP contribution in [0.4, 0.5) is 0 Å². The van der Waals surface area contributed by atoms with E-state index in [1.165, 1.54) is 6.08 Å². The van der Waals surface area contributed by atoms with Crippen LogP contribution in [0, 0.1) is 6.92 Å². The smallest absolute Gasteiger partial charge is 0.290 e. The average molecular weight is 391 g/mol. The van der Waals surface area contributed by atoms with E-state index in [2.05, 4.69) is 0 Å². The summed E-state index contributed by atoms with van der Waals surface area (Å²) < 4.78 is 5.09. The lowest BCUT2D eigenvalue weighted by Gasteiger charge is -2.26. The van der Waals surface area contributed by atoms with Crippen molar-refractivity contribution in [1.29, 1.82) is 0 Å². The summed E-state index contributed by atoms with van der Waals surface area (Å²) in [6.07, 6.45) is 3.71. The van der Waals surface area contributed by atoms with E-state index in [1.807, 2.05) is 61.5 Å². The molecule has 0 radical (unpaired) electrons. The van der Waals surface area contributed by atoms with Crippen LogP contribution < -0.4 is 0 Å². The molecule has 2 aromatic rings. The third-order valence-electron chi connectivity index (χ3n) is 4.94. The zero-order valence-electron chi connectivity index (χ0n) is 16.7. The van der Waals surface area contributed by atoms with E-state index < -0.39 is 17.7 Å². The molecule has 1 atom stereocenters. The van der Waals surface area contributed by atoms with E-state index in [0.717, 1.165) is 16.7 Å². The second-order valence-corrected chi connectivity index (χ2v) is 7.03. The van der Waals surface area contributed by atoms with Gasteiger partial charge in [0.2, 0.25) is 0 Å². The molecule has 1 N–H and O–H groups in total. The van der Waals surface area contributed by atoms with Crippen LogP contribution in [0.1, 0.15) is 29.2 Å². The minimum absolute atomic E-state index is 0.114. The van der Waals surface area contributed by atoms with Crippen molar-refractivity contribution in [3.63, 3.8) is 0 Å². The first kappa shape index (κ1) is 20.6. The van der Waals surface area contributed by atoms with Gasteiger partial charge in [-0.05, 0) is 30.5 Å². The highest BCUT2D eigenvalue weighted by molar-refractivity contribution is 6.14. The molecule has 1 aliphatic heterocycles. The molecule has 0 fully saturated rings. The second kappa shape index (κ2) is 9.34. The molecule has 5 nitrogen and oxygen atoms in total. The Hall–Kier alpha value is -3.18. The van der Waals surface area contributed by atoms with E-state index in [9.17, 15) is 14.7 Å². The number of aryl methyl sites for hydroxylation is 1. The van der Waals surface area contributed by atoms with Gasteiger partial charge in [0.05, 0.1) is 11.6 Å². The van der Waals surface area contributed by atoms with Gasteiger partial charge >= 0.3 is 0 Å². The monoisotopic (exact) mass is 391 g/mol. The quantitative estimate of drug-likeness (QED) is 0.545. The Morgan fingerprint density at radius 1 is 1.14 bits per heavy atom. The standard InChI is InChI=1S/C24H25NO4/c1-17-9-12-19(13-10-17)22-21(20(26)14-11-18-7-4-3-5-8-18)23(27)24(28)25(22)15-6-16-29-2/h3-5,7-14,22,27H,6,15-16H2,1-2H3. The first-order valence-corrected chi connectivity index (χ1v) is 9.60. The van der Waals surface area contributed by atoms with Crippen molar-refractivity contribution in [1.82, 2.24) is 4.90 Å². The van der Waals surface area contributed by atoms with Crippen LogP contribution in [0.5, 0.6) is 0 Å². The number of ether oxygens (including phenoxy) is 1. The predicted molar refractivity (Wildman–Crippen MR) is 112 cm³/mol. The fraction of sp³-hybridized carbons (Fsp3) is 0.250. The fourth-order valence-corrected chi connectivity index (χ4v) is 3.44. The number of amides is 1. The number of carbonyl (C=O) groups is 2. The van der Waals surface area contributed by atoms with Crippen molar-refractivity contribution < 1.29 is 19.4 Å². The molecule has 150 valence electrons. The Kier molecular flexibility index (Phi) is 6.62. The Morgan fingerprint density at radius 2 is 1.83 bits per heavy atom. The Labute approximate surface area is 170 Å². The van der Waals surface area contributed by atoms with Gasteiger partial charge in [0.25, 0.3) is 5.91 Å². The molecule has 0 saturated heterocycles. The highest BCUT2D eigenvalue weighted by Crippen LogP contribution is 2.38. The molecule has 0 aromatic heterocycles. The second-order valence-electron chi connectivity index (χ2n) is 7.03. The van der Waals surface area contributed by atoms with Gasteiger partial charge < -0.3 is 14.7 Å². The van der Waals surface area contributed by atoms with Gasteiger partial charge in [0.1, 0.15) is 0 Å². The zero-order valence-corrected chi connectivity index (χ0v) is 16.7. The summed E-state index contributed by atoms with van der Waals surface area (Å²) in [6, 6.07) is 16.5. The summed E-state index contributed by atoms with van der Waals surface area (Å²) in [4.78, 5) is 27.3. The molecule has 0 saturated carbocycles. The third kappa shape index (κ3) is 4.63. The lowest BCUT2D eigenvalue weighted by Crippen LogP contribution is -2.32. The molecule has 0 aliphatic carbocycles. The van der Waals surface area contributed by atoms with Gasteiger partial charge in [0.15, 0.2) is 11.5 Å². The maximum absolute atomic E-state index is 13.0. The topological polar surface area (TPSA) is 66.8 Å². The number of hydrogen-bond donors (Lipinski definition) is 1. The fourth-order valence-electron chi connectivity index (χ4n) is 3.44. The van der Waals surface area contributed by atoms with Crippen LogP contribution in [-0.4, -0.2) is 42.0 Å². The number of benzene rings is 2. The van der Waals surface area contributed by atoms with E-state index in [1.54, 1.807) is 18.1 Å². The van der Waals surface area contributed by atoms with E-state index in [4.69, 9.17) is 4.74 Å². The van der Waals surface area contributed by atoms with Crippen molar-refractivity contribution >= 4 is 17.8 Å². The van der Waals surface area contributed by atoms with Crippen LogP contribution >= 0.6 is 0 Å². The number of aliphatic hydroxyl groups is 1. The average Bonchev–Trinajstić information content (AvgIpc) is 2.98. The van der Waals surface area contributed by atoms with Gasteiger partial charge in [-0.15, -0.1) is 0 Å². The molecule has 0 bridgehead atoms. The van der Waals surface area contributed by atoms with Crippen molar-refractivity contribution in [2.45, 2.75) is 19.4 Å². The molecular formula is C24H25NO4. The summed E-state index contributed by atoms with van der Waals surface area (Å²) in [7, 11) is 1.60. The van der Waals surface area contributed by atoms with Gasteiger partial charge in [-0.2, -0.15) is 0 Å². The highest BCUT2D eigenvalue weighted by atomic mass is 16.5. The van der Waals surface area contributed by atoms with Crippen LogP contribution in [0.15, 0.2) is 72.0 Å². The highest BCUT2D eigenvalue weighted by Gasteiger charge is 2.42. The Morgan fingerprint density at radius 3 is 2.48 bits per heavy atom. The SMILES string of the molecule is COCCCN1C(=O)C(O)=C(C(=O)C=Cc2ccccc2)C1c1ccc(C)cc1. The van der Waals surface area contributed by atoms with Gasteiger partial charge in [-0.3, -0.25) is 9.59 Å². The van der Waals surface area contributed by atoms with E-state index in [-0.39, 0.29) is 11.4 Å². The minimum Gasteiger partial charge on any atom is -0.503 e. The van der Waals surface area contributed by atoms with Crippen LogP contribution in [0.3, 0.4) is 0 Å². The number of hydrogen-bond acceptors (Lipinski definition) is 4. The summed E-state index contributed by atoms with van der Waals surface area (Å²) in [5.41, 5.74) is 2.86. The molecule has 1 aliphatic rings. The van der Waals surface area contributed by atoms with E-state index >= 15 is 0 Å². The molecule has 1 heterocycles. The molecule has 0 spiro atoms. The number of carbonyl (C=O) groups excluding carboxylic acids is 2. The molecular weight excluding hydrogens is 366 g/mol. The zero-order chi connectivity index (χ0) is 20.8. The molecule has 29 heavy (non-hydrogen) atoms. The first-order valence-electron chi connectivity index (χ1n) is 9.60. The van der Waals surface area contributed by atoms with Crippen molar-refractivity contribution in [2.75, 3.05) is 20.3 Å². The molecule has 5 heteroatoms. The predicted octanol–water partition coefficient (Wildman–Crippen LogP) is 4.01. The van der Waals surface area contributed by atoms with Crippen LogP contribution in [-0.2, 0) is 14.3 Å². The van der Waals surface area contributed by atoms with Crippen molar-refractivity contribution in [3.8, 4) is 0 Å². The molecule has 2 aromatic carbocycles. The Balaban J connectivity index is 1.94. The number of methoxy groups -OCH3 is 1. The number of aliphatic hydroxyl groups excluding tert-OH is 1. The van der Waals surface area contributed by atoms with Crippen molar-refractivity contribution in [2.24, 2.45) is 0 Å². The third-order valence-corrected chi connectivity index (χ3v) is 4.94. The van der Waals surface area contributed by atoms with Crippen molar-refractivity contribution in [3.05, 3.63) is 88.7 Å². The largest absolute Gasteiger partial charge is 0.503 e. The lowest BCUT2D eigenvalue weighted by atomic mass is 9.95. The molecule has 3 rings (SSSR count). The number of allylic oxidation sites excluding steroid dienone is 1. The maximum Gasteiger partial charge on any atom is 0.290 e. The van der Waals surface area contributed by atoms with Gasteiger partial charge in [0, 0.05) is 20.3 Å². The minimum atomic E-state index is -0.618. The number of rotatable bonds is 8. The van der Waals surface area contributed by atoms with Gasteiger partial charge in [-0.25, -0.2) is 0 Å². The maximum atomic E-state index is 13.0. The normalized spacial score (nSPS) is 16.8. The molecule has 1 unspecified atom stereocenters.